The highest BCUT2D eigenvalue weighted by Crippen LogP contribution is 2.31. The van der Waals surface area contributed by atoms with Gasteiger partial charge in [-0.25, -0.2) is 4.98 Å². The molecule has 1 saturated heterocycles. The first-order valence-electron chi connectivity index (χ1n) is 8.84. The lowest BCUT2D eigenvalue weighted by Gasteiger charge is -2.35. The van der Waals surface area contributed by atoms with Crippen LogP contribution in [0.4, 0.5) is 0 Å². The van der Waals surface area contributed by atoms with Crippen LogP contribution in [0.2, 0.25) is 0 Å². The molecule has 1 atom stereocenters. The fraction of sp³-hybridized carbons (Fsp3) is 0.556. The molecule has 1 aliphatic heterocycles. The van der Waals surface area contributed by atoms with E-state index in [1.165, 1.54) is 29.7 Å². The van der Waals surface area contributed by atoms with Crippen LogP contribution in [-0.4, -0.2) is 40.0 Å². The molecule has 0 radical (unpaired) electrons. The van der Waals surface area contributed by atoms with Gasteiger partial charge in [0.05, 0.1) is 4.88 Å². The van der Waals surface area contributed by atoms with Gasteiger partial charge in [0.25, 0.3) is 5.91 Å². The number of nitrogens with one attached hydrogen (secondary N) is 1. The average Bonchev–Trinajstić information content (AvgIpc) is 3.15. The smallest absolute Gasteiger partial charge is 0.264 e. The molecule has 4 rings (SSSR count). The van der Waals surface area contributed by atoms with Crippen molar-refractivity contribution in [2.75, 3.05) is 19.6 Å². The quantitative estimate of drug-likeness (QED) is 0.815. The molecular formula is C18H25ClN4OS. The summed E-state index contributed by atoms with van der Waals surface area (Å²) in [7, 11) is 1.99. The number of imidazole rings is 1. The Morgan fingerprint density at radius 3 is 2.96 bits per heavy atom. The highest BCUT2D eigenvalue weighted by Gasteiger charge is 2.32. The third-order valence-electron chi connectivity index (χ3n) is 5.12. The van der Waals surface area contributed by atoms with Gasteiger partial charge in [-0.3, -0.25) is 4.79 Å². The molecule has 0 aromatic carbocycles. The van der Waals surface area contributed by atoms with E-state index in [-0.39, 0.29) is 24.4 Å². The average molecular weight is 381 g/mol. The van der Waals surface area contributed by atoms with Crippen LogP contribution in [0.15, 0.2) is 18.5 Å². The zero-order chi connectivity index (χ0) is 16.5. The van der Waals surface area contributed by atoms with E-state index in [1.807, 2.05) is 22.7 Å². The Balaban J connectivity index is 0.00000182. The van der Waals surface area contributed by atoms with E-state index in [2.05, 4.69) is 16.4 Å². The third-order valence-corrected chi connectivity index (χ3v) is 6.34. The molecule has 1 amide bonds. The lowest BCUT2D eigenvalue weighted by Crippen LogP contribution is -2.49. The molecule has 2 aromatic heterocycles. The van der Waals surface area contributed by atoms with Gasteiger partial charge in [0, 0.05) is 44.0 Å². The second kappa shape index (κ2) is 7.89. The number of halogens is 1. The number of carbonyl (C=O) groups excluding carboxylic acids is 1. The predicted octanol–water partition coefficient (Wildman–Crippen LogP) is 2.96. The first-order chi connectivity index (χ1) is 11.7. The second-order valence-electron chi connectivity index (χ2n) is 6.73. The number of aryl methyl sites for hydroxylation is 3. The molecular weight excluding hydrogens is 356 g/mol. The number of hydrogen-bond donors (Lipinski definition) is 1. The van der Waals surface area contributed by atoms with E-state index in [0.29, 0.717) is 0 Å². The van der Waals surface area contributed by atoms with Gasteiger partial charge in [-0.05, 0) is 37.3 Å². The van der Waals surface area contributed by atoms with Gasteiger partial charge in [0.1, 0.15) is 11.9 Å². The molecule has 0 bridgehead atoms. The van der Waals surface area contributed by atoms with Crippen molar-refractivity contribution in [1.29, 1.82) is 0 Å². The van der Waals surface area contributed by atoms with Crippen molar-refractivity contribution in [3.05, 3.63) is 39.6 Å². The summed E-state index contributed by atoms with van der Waals surface area (Å²) in [6, 6.07) is 2.17. The summed E-state index contributed by atoms with van der Waals surface area (Å²) >= 11 is 1.72. The van der Waals surface area contributed by atoms with Gasteiger partial charge in [-0.15, -0.1) is 23.7 Å². The van der Waals surface area contributed by atoms with E-state index >= 15 is 0 Å². The Morgan fingerprint density at radius 1 is 1.32 bits per heavy atom. The highest BCUT2D eigenvalue weighted by atomic mass is 35.5. The van der Waals surface area contributed by atoms with Crippen molar-refractivity contribution in [2.24, 2.45) is 7.05 Å². The lowest BCUT2D eigenvalue weighted by atomic mass is 10.1. The molecule has 5 nitrogen and oxygen atoms in total. The summed E-state index contributed by atoms with van der Waals surface area (Å²) in [5.74, 6) is 1.12. The van der Waals surface area contributed by atoms with Crippen LogP contribution in [0, 0.1) is 0 Å². The van der Waals surface area contributed by atoms with E-state index < -0.39 is 0 Å². The molecule has 0 saturated carbocycles. The highest BCUT2D eigenvalue weighted by molar-refractivity contribution is 7.14. The Hall–Kier alpha value is -1.37. The Kier molecular flexibility index (Phi) is 5.81. The number of carbonyl (C=O) groups is 1. The molecule has 1 fully saturated rings. The number of thiophene rings is 1. The Bertz CT molecular complexity index is 718. The molecule has 7 heteroatoms. The van der Waals surface area contributed by atoms with Crippen molar-refractivity contribution in [1.82, 2.24) is 19.8 Å². The Labute approximate surface area is 158 Å². The minimum Gasteiger partial charge on any atom is -0.336 e. The minimum atomic E-state index is 0. The largest absolute Gasteiger partial charge is 0.336 e. The maximum absolute atomic E-state index is 13.2. The first kappa shape index (κ1) is 18.4. The van der Waals surface area contributed by atoms with Gasteiger partial charge in [-0.1, -0.05) is 6.42 Å². The molecule has 25 heavy (non-hydrogen) atoms. The van der Waals surface area contributed by atoms with Crippen molar-refractivity contribution >= 4 is 29.7 Å². The van der Waals surface area contributed by atoms with Crippen LogP contribution in [0.1, 0.15) is 51.2 Å². The van der Waals surface area contributed by atoms with Gasteiger partial charge in [-0.2, -0.15) is 0 Å². The van der Waals surface area contributed by atoms with Crippen LogP contribution >= 0.6 is 23.7 Å². The summed E-state index contributed by atoms with van der Waals surface area (Å²) in [5, 5.41) is 3.40. The van der Waals surface area contributed by atoms with Crippen LogP contribution < -0.4 is 5.32 Å². The summed E-state index contributed by atoms with van der Waals surface area (Å²) in [5.41, 5.74) is 1.41. The molecule has 136 valence electrons. The van der Waals surface area contributed by atoms with E-state index in [4.69, 9.17) is 0 Å². The van der Waals surface area contributed by atoms with E-state index in [9.17, 15) is 4.79 Å². The summed E-state index contributed by atoms with van der Waals surface area (Å²) in [6.45, 7) is 2.35. The number of hydrogen-bond acceptors (Lipinski definition) is 4. The number of piperazine rings is 1. The third kappa shape index (κ3) is 3.61. The standard InChI is InChI=1S/C18H24N4OS.ClH/c1-21-9-8-20-17(21)14-12-19-7-10-22(14)18(23)16-11-13-5-3-2-4-6-15(13)24-16;/h8-9,11,14,19H,2-7,10,12H2,1H3;1H. The molecule has 1 aliphatic carbocycles. The van der Waals surface area contributed by atoms with Gasteiger partial charge in [0.2, 0.25) is 0 Å². The van der Waals surface area contributed by atoms with Crippen LogP contribution in [0.3, 0.4) is 0 Å². The summed E-state index contributed by atoms with van der Waals surface area (Å²) in [4.78, 5) is 22.0. The molecule has 2 aliphatic rings. The van der Waals surface area contributed by atoms with Gasteiger partial charge < -0.3 is 14.8 Å². The summed E-state index contributed by atoms with van der Waals surface area (Å²) in [6.07, 6.45) is 9.83. The lowest BCUT2D eigenvalue weighted by molar-refractivity contribution is 0.0626. The van der Waals surface area contributed by atoms with Crippen molar-refractivity contribution in [2.45, 2.75) is 38.1 Å². The Morgan fingerprint density at radius 2 is 2.16 bits per heavy atom. The van der Waals surface area contributed by atoms with Crippen molar-refractivity contribution in [3.8, 4) is 0 Å². The zero-order valence-corrected chi connectivity index (χ0v) is 16.2. The molecule has 0 spiro atoms. The molecule has 3 heterocycles. The maximum atomic E-state index is 13.2. The molecule has 1 N–H and O–H groups in total. The van der Waals surface area contributed by atoms with Crippen LogP contribution in [0.25, 0.3) is 0 Å². The number of amides is 1. The molecule has 1 unspecified atom stereocenters. The minimum absolute atomic E-state index is 0. The van der Waals surface area contributed by atoms with Crippen LogP contribution in [0.5, 0.6) is 0 Å². The normalized spacial score (nSPS) is 20.5. The number of fused-ring (bicyclic) bond motifs is 1. The van der Waals surface area contributed by atoms with Crippen LogP contribution in [-0.2, 0) is 19.9 Å². The van der Waals surface area contributed by atoms with Gasteiger partial charge >= 0.3 is 0 Å². The predicted molar refractivity (Wildman–Crippen MR) is 103 cm³/mol. The zero-order valence-electron chi connectivity index (χ0n) is 14.5. The number of aromatic nitrogens is 2. The SMILES string of the molecule is Cl.Cn1ccnc1C1CNCCN1C(=O)c1cc2c(s1)CCCCC2. The van der Waals surface area contributed by atoms with E-state index in [1.54, 1.807) is 17.5 Å². The van der Waals surface area contributed by atoms with Crippen molar-refractivity contribution < 1.29 is 4.79 Å². The van der Waals surface area contributed by atoms with Crippen molar-refractivity contribution in [3.63, 3.8) is 0 Å². The fourth-order valence-electron chi connectivity index (χ4n) is 3.79. The fourth-order valence-corrected chi connectivity index (χ4v) is 5.00. The van der Waals surface area contributed by atoms with Gasteiger partial charge in [0.15, 0.2) is 0 Å². The monoisotopic (exact) mass is 380 g/mol. The number of rotatable bonds is 2. The molecule has 2 aromatic rings. The van der Waals surface area contributed by atoms with E-state index in [0.717, 1.165) is 43.2 Å². The number of nitrogens with zero attached hydrogens (tertiary/aromatic N) is 3. The summed E-state index contributed by atoms with van der Waals surface area (Å²) < 4.78 is 2.02. The topological polar surface area (TPSA) is 50.2 Å². The first-order valence-corrected chi connectivity index (χ1v) is 9.66. The maximum Gasteiger partial charge on any atom is 0.264 e. The second-order valence-corrected chi connectivity index (χ2v) is 7.87.